The van der Waals surface area contributed by atoms with Crippen LogP contribution < -0.4 is 5.73 Å². The second-order valence-electron chi connectivity index (χ2n) is 5.19. The Morgan fingerprint density at radius 3 is 2.13 bits per heavy atom. The van der Waals surface area contributed by atoms with Gasteiger partial charge in [0.25, 0.3) is 0 Å². The summed E-state index contributed by atoms with van der Waals surface area (Å²) in [6.45, 7) is 6.58. The highest BCUT2D eigenvalue weighted by Gasteiger charge is 2.40. The van der Waals surface area contributed by atoms with Gasteiger partial charge in [-0.05, 0) is 42.2 Å². The Labute approximate surface area is 92.7 Å². The van der Waals surface area contributed by atoms with Crippen molar-refractivity contribution in [1.82, 2.24) is 0 Å². The zero-order chi connectivity index (χ0) is 11.0. The molecule has 0 radical (unpaired) electrons. The number of hydrogen-bond acceptors (Lipinski definition) is 1. The normalized spacial score (nSPS) is 26.7. The van der Waals surface area contributed by atoms with Crippen molar-refractivity contribution in [1.29, 1.82) is 0 Å². The van der Waals surface area contributed by atoms with Gasteiger partial charge in [-0.25, -0.2) is 0 Å². The lowest BCUT2D eigenvalue weighted by atomic mass is 9.99. The molecule has 1 heteroatoms. The Balaban J connectivity index is 2.06. The number of rotatable bonds is 3. The summed E-state index contributed by atoms with van der Waals surface area (Å²) in [6.07, 6.45) is 1.28. The minimum absolute atomic E-state index is 0.347. The monoisotopic (exact) mass is 203 g/mol. The molecule has 3 atom stereocenters. The minimum Gasteiger partial charge on any atom is -0.328 e. The van der Waals surface area contributed by atoms with Gasteiger partial charge in [0.15, 0.2) is 0 Å². The first-order chi connectivity index (χ1) is 7.09. The van der Waals surface area contributed by atoms with Crippen molar-refractivity contribution < 1.29 is 0 Å². The van der Waals surface area contributed by atoms with Crippen LogP contribution in [-0.2, 0) is 0 Å². The molecule has 82 valence electrons. The molecule has 1 fully saturated rings. The molecule has 15 heavy (non-hydrogen) atoms. The molecule has 0 amide bonds. The number of benzene rings is 1. The molecule has 1 aromatic rings. The minimum atomic E-state index is 0.347. The van der Waals surface area contributed by atoms with E-state index in [0.29, 0.717) is 12.0 Å². The van der Waals surface area contributed by atoms with Crippen molar-refractivity contribution in [2.45, 2.75) is 45.1 Å². The lowest BCUT2D eigenvalue weighted by molar-refractivity contribution is 0.631. The highest BCUT2D eigenvalue weighted by atomic mass is 14.7. The fourth-order valence-electron chi connectivity index (χ4n) is 2.31. The molecule has 2 rings (SSSR count). The van der Waals surface area contributed by atoms with E-state index in [4.69, 9.17) is 5.73 Å². The van der Waals surface area contributed by atoms with Crippen LogP contribution >= 0.6 is 0 Å². The Morgan fingerprint density at radius 2 is 1.73 bits per heavy atom. The maximum Gasteiger partial charge on any atom is 0.00448 e. The molecule has 1 nitrogen and oxygen atoms in total. The molecule has 0 aliphatic heterocycles. The van der Waals surface area contributed by atoms with Crippen LogP contribution in [0.2, 0.25) is 0 Å². The van der Waals surface area contributed by atoms with Crippen LogP contribution in [0.4, 0.5) is 0 Å². The summed E-state index contributed by atoms with van der Waals surface area (Å²) < 4.78 is 0. The third kappa shape index (κ3) is 2.23. The van der Waals surface area contributed by atoms with Crippen molar-refractivity contribution in [3.8, 4) is 0 Å². The third-order valence-corrected chi connectivity index (χ3v) is 3.55. The second-order valence-corrected chi connectivity index (χ2v) is 5.19. The topological polar surface area (TPSA) is 26.0 Å². The average molecular weight is 203 g/mol. The predicted molar refractivity (Wildman–Crippen MR) is 65.0 cm³/mol. The first-order valence-electron chi connectivity index (χ1n) is 5.95. The van der Waals surface area contributed by atoms with Crippen molar-refractivity contribution in [2.24, 2.45) is 11.7 Å². The van der Waals surface area contributed by atoms with E-state index in [0.717, 1.165) is 11.8 Å². The van der Waals surface area contributed by atoms with Gasteiger partial charge in [-0.15, -0.1) is 0 Å². The first kappa shape index (κ1) is 10.7. The van der Waals surface area contributed by atoms with E-state index in [-0.39, 0.29) is 0 Å². The lowest BCUT2D eigenvalue weighted by Crippen LogP contribution is -2.17. The van der Waals surface area contributed by atoms with Crippen LogP contribution in [0.3, 0.4) is 0 Å². The van der Waals surface area contributed by atoms with Gasteiger partial charge in [-0.1, -0.05) is 38.1 Å². The average Bonchev–Trinajstić information content (AvgIpc) is 2.97. The van der Waals surface area contributed by atoms with Gasteiger partial charge in [-0.3, -0.25) is 0 Å². The molecule has 2 N–H and O–H groups in total. The SMILES string of the molecule is CC(C)c1ccc([C@@H]2C[C@@H]2[C@@H](C)N)cc1. The second kappa shape index (κ2) is 3.97. The molecule has 0 bridgehead atoms. The van der Waals surface area contributed by atoms with E-state index in [9.17, 15) is 0 Å². The summed E-state index contributed by atoms with van der Waals surface area (Å²) >= 11 is 0. The molecule has 0 unspecified atom stereocenters. The van der Waals surface area contributed by atoms with Crippen LogP contribution in [0.15, 0.2) is 24.3 Å². The summed E-state index contributed by atoms with van der Waals surface area (Å²) in [5, 5.41) is 0. The quantitative estimate of drug-likeness (QED) is 0.801. The van der Waals surface area contributed by atoms with Gasteiger partial charge in [0, 0.05) is 6.04 Å². The van der Waals surface area contributed by atoms with E-state index in [1.165, 1.54) is 17.5 Å². The highest BCUT2D eigenvalue weighted by molar-refractivity contribution is 5.31. The van der Waals surface area contributed by atoms with Crippen molar-refractivity contribution >= 4 is 0 Å². The molecule has 1 aliphatic carbocycles. The van der Waals surface area contributed by atoms with E-state index < -0.39 is 0 Å². The van der Waals surface area contributed by atoms with Gasteiger partial charge in [0.2, 0.25) is 0 Å². The number of nitrogens with two attached hydrogens (primary N) is 1. The first-order valence-corrected chi connectivity index (χ1v) is 5.95. The van der Waals surface area contributed by atoms with Crippen LogP contribution in [0, 0.1) is 5.92 Å². The Morgan fingerprint density at radius 1 is 1.13 bits per heavy atom. The highest BCUT2D eigenvalue weighted by Crippen LogP contribution is 2.48. The Hall–Kier alpha value is -0.820. The Kier molecular flexibility index (Phi) is 2.83. The summed E-state index contributed by atoms with van der Waals surface area (Å²) in [5.41, 5.74) is 8.80. The molecule has 0 saturated heterocycles. The largest absolute Gasteiger partial charge is 0.328 e. The standard InChI is InChI=1S/C14H21N/c1-9(2)11-4-6-12(7-5-11)14-8-13(14)10(3)15/h4-7,9-10,13-14H,8,15H2,1-3H3/t10-,13-,14+/m1/s1. The summed E-state index contributed by atoms with van der Waals surface area (Å²) in [7, 11) is 0. The van der Waals surface area contributed by atoms with E-state index >= 15 is 0 Å². The lowest BCUT2D eigenvalue weighted by Gasteiger charge is -2.07. The predicted octanol–water partition coefficient (Wildman–Crippen LogP) is 3.26. The molecule has 0 heterocycles. The maximum atomic E-state index is 5.90. The summed E-state index contributed by atoms with van der Waals surface area (Å²) in [4.78, 5) is 0. The number of hydrogen-bond donors (Lipinski definition) is 1. The van der Waals surface area contributed by atoms with Gasteiger partial charge in [0.1, 0.15) is 0 Å². The van der Waals surface area contributed by atoms with Crippen molar-refractivity contribution in [2.75, 3.05) is 0 Å². The molecule has 1 saturated carbocycles. The van der Waals surface area contributed by atoms with E-state index in [2.05, 4.69) is 45.0 Å². The summed E-state index contributed by atoms with van der Waals surface area (Å²) in [6, 6.07) is 9.43. The molecule has 1 aromatic carbocycles. The van der Waals surface area contributed by atoms with Crippen LogP contribution in [0.1, 0.15) is 50.2 Å². The van der Waals surface area contributed by atoms with Gasteiger partial charge < -0.3 is 5.73 Å². The molecular weight excluding hydrogens is 182 g/mol. The van der Waals surface area contributed by atoms with Crippen molar-refractivity contribution in [3.63, 3.8) is 0 Å². The molecule has 0 aromatic heterocycles. The smallest absolute Gasteiger partial charge is 0.00448 e. The van der Waals surface area contributed by atoms with Crippen molar-refractivity contribution in [3.05, 3.63) is 35.4 Å². The van der Waals surface area contributed by atoms with Gasteiger partial charge in [-0.2, -0.15) is 0 Å². The maximum absolute atomic E-state index is 5.90. The fraction of sp³-hybridized carbons (Fsp3) is 0.571. The van der Waals surface area contributed by atoms with Crippen LogP contribution in [0.25, 0.3) is 0 Å². The molecule has 1 aliphatic rings. The van der Waals surface area contributed by atoms with Crippen LogP contribution in [0.5, 0.6) is 0 Å². The van der Waals surface area contributed by atoms with Gasteiger partial charge in [0.05, 0.1) is 0 Å². The third-order valence-electron chi connectivity index (χ3n) is 3.55. The zero-order valence-electron chi connectivity index (χ0n) is 9.90. The van der Waals surface area contributed by atoms with E-state index in [1.54, 1.807) is 0 Å². The van der Waals surface area contributed by atoms with E-state index in [1.807, 2.05) is 0 Å². The molecular formula is C14H21N. The van der Waals surface area contributed by atoms with Gasteiger partial charge >= 0.3 is 0 Å². The molecule has 0 spiro atoms. The Bertz CT molecular complexity index is 324. The fourth-order valence-corrected chi connectivity index (χ4v) is 2.31. The van der Waals surface area contributed by atoms with Crippen LogP contribution in [-0.4, -0.2) is 6.04 Å². The zero-order valence-corrected chi connectivity index (χ0v) is 9.90. The summed E-state index contributed by atoms with van der Waals surface area (Å²) in [5.74, 6) is 2.07.